The van der Waals surface area contributed by atoms with Crippen molar-refractivity contribution < 1.29 is 0 Å². The van der Waals surface area contributed by atoms with Crippen molar-refractivity contribution in [2.75, 3.05) is 0 Å². The summed E-state index contributed by atoms with van der Waals surface area (Å²) in [5, 5.41) is 8.49. The molecule has 1 rings (SSSR count). The Balaban J connectivity index is 3.23. The molecule has 0 N–H and O–H groups in total. The van der Waals surface area contributed by atoms with Gasteiger partial charge in [0.15, 0.2) is 0 Å². The monoisotopic (exact) mass is 244 g/mol. The summed E-state index contributed by atoms with van der Waals surface area (Å²) in [4.78, 5) is 3.93. The third kappa shape index (κ3) is 1.45. The van der Waals surface area contributed by atoms with E-state index in [2.05, 4.69) is 27.6 Å². The summed E-state index contributed by atoms with van der Waals surface area (Å²) < 4.78 is 1.06. The van der Waals surface area contributed by atoms with Crippen LogP contribution < -0.4 is 0 Å². The minimum Gasteiger partial charge on any atom is -0.244 e. The first-order valence-electron chi connectivity index (χ1n) is 2.76. The fraction of sp³-hybridized carbons (Fsp3) is 0.143. The lowest BCUT2D eigenvalue weighted by Crippen LogP contribution is -1.87. The summed E-state index contributed by atoms with van der Waals surface area (Å²) in [6.07, 6.45) is 1.69. The summed E-state index contributed by atoms with van der Waals surface area (Å²) in [7, 11) is 0. The largest absolute Gasteiger partial charge is 0.244 e. The number of nitrogens with zero attached hydrogens (tertiary/aromatic N) is 2. The Kier molecular flexibility index (Phi) is 2.22. The fourth-order valence-corrected chi connectivity index (χ4v) is 1.26. The molecule has 2 nitrogen and oxygen atoms in total. The van der Waals surface area contributed by atoms with E-state index in [1.54, 1.807) is 6.20 Å². The second kappa shape index (κ2) is 2.97. The van der Waals surface area contributed by atoms with Crippen LogP contribution >= 0.6 is 22.6 Å². The van der Waals surface area contributed by atoms with Crippen molar-refractivity contribution in [2.24, 2.45) is 0 Å². The first-order chi connectivity index (χ1) is 4.74. The van der Waals surface area contributed by atoms with Gasteiger partial charge in [-0.15, -0.1) is 0 Å². The van der Waals surface area contributed by atoms with E-state index in [0.29, 0.717) is 5.69 Å². The highest BCUT2D eigenvalue weighted by Gasteiger charge is 1.96. The molecule has 1 aromatic rings. The highest BCUT2D eigenvalue weighted by atomic mass is 127. The topological polar surface area (TPSA) is 36.7 Å². The molecule has 0 amide bonds. The van der Waals surface area contributed by atoms with E-state index in [-0.39, 0.29) is 0 Å². The van der Waals surface area contributed by atoms with Gasteiger partial charge in [0, 0.05) is 9.77 Å². The predicted octanol–water partition coefficient (Wildman–Crippen LogP) is 1.87. The Morgan fingerprint density at radius 2 is 2.40 bits per heavy atom. The van der Waals surface area contributed by atoms with Gasteiger partial charge in [0.2, 0.25) is 0 Å². The van der Waals surface area contributed by atoms with E-state index in [9.17, 15) is 0 Å². The van der Waals surface area contributed by atoms with Crippen LogP contribution in [0.5, 0.6) is 0 Å². The van der Waals surface area contributed by atoms with E-state index >= 15 is 0 Å². The second-order valence-corrected chi connectivity index (χ2v) is 3.18. The number of nitriles is 1. The molecule has 1 heterocycles. The number of aromatic nitrogens is 1. The van der Waals surface area contributed by atoms with Crippen LogP contribution in [-0.2, 0) is 0 Å². The normalized spacial score (nSPS) is 8.90. The Hall–Kier alpha value is -0.630. The third-order valence-corrected chi connectivity index (χ3v) is 1.74. The molecule has 50 valence electrons. The van der Waals surface area contributed by atoms with Crippen molar-refractivity contribution in [3.8, 4) is 6.07 Å². The summed E-state index contributed by atoms with van der Waals surface area (Å²) >= 11 is 2.17. The summed E-state index contributed by atoms with van der Waals surface area (Å²) in [5.74, 6) is 0. The molecule has 0 aliphatic carbocycles. The summed E-state index contributed by atoms with van der Waals surface area (Å²) in [6, 6.07) is 3.94. The van der Waals surface area contributed by atoms with Crippen LogP contribution in [0.25, 0.3) is 0 Å². The van der Waals surface area contributed by atoms with Gasteiger partial charge in [0.25, 0.3) is 0 Å². The quantitative estimate of drug-likeness (QED) is 0.653. The maximum Gasteiger partial charge on any atom is 0.143 e. The van der Waals surface area contributed by atoms with Gasteiger partial charge in [0.1, 0.15) is 11.8 Å². The van der Waals surface area contributed by atoms with Crippen molar-refractivity contribution in [3.05, 3.63) is 27.1 Å². The van der Waals surface area contributed by atoms with Crippen LogP contribution in [0.1, 0.15) is 11.3 Å². The lowest BCUT2D eigenvalue weighted by atomic mass is 10.2. The molecule has 0 saturated heterocycles. The number of rotatable bonds is 0. The molecule has 0 unspecified atom stereocenters. The van der Waals surface area contributed by atoms with Gasteiger partial charge in [-0.3, -0.25) is 0 Å². The summed E-state index contributed by atoms with van der Waals surface area (Å²) in [5.41, 5.74) is 1.45. The molecule has 0 atom stereocenters. The Labute approximate surface area is 73.0 Å². The van der Waals surface area contributed by atoms with E-state index < -0.39 is 0 Å². The van der Waals surface area contributed by atoms with Gasteiger partial charge in [0.05, 0.1) is 0 Å². The van der Waals surface area contributed by atoms with Gasteiger partial charge in [-0.2, -0.15) is 5.26 Å². The summed E-state index contributed by atoms with van der Waals surface area (Å²) in [6.45, 7) is 1.88. The van der Waals surface area contributed by atoms with Gasteiger partial charge in [-0.05, 0) is 41.1 Å². The molecular formula is C7H5IN2. The average Bonchev–Trinajstić information content (AvgIpc) is 1.88. The second-order valence-electron chi connectivity index (χ2n) is 1.93. The molecule has 3 heteroatoms. The van der Waals surface area contributed by atoms with Crippen molar-refractivity contribution >= 4 is 22.6 Å². The Bertz CT molecular complexity index is 288. The van der Waals surface area contributed by atoms with Gasteiger partial charge < -0.3 is 0 Å². The van der Waals surface area contributed by atoms with Crippen LogP contribution in [-0.4, -0.2) is 4.98 Å². The maximum atomic E-state index is 8.49. The van der Waals surface area contributed by atoms with Crippen molar-refractivity contribution in [1.82, 2.24) is 4.98 Å². The lowest BCUT2D eigenvalue weighted by molar-refractivity contribution is 1.20. The molecular weight excluding hydrogens is 239 g/mol. The molecule has 10 heavy (non-hydrogen) atoms. The van der Waals surface area contributed by atoms with Crippen LogP contribution in [0.15, 0.2) is 12.3 Å². The minimum atomic E-state index is 0.514. The van der Waals surface area contributed by atoms with Crippen LogP contribution in [0.4, 0.5) is 0 Å². The fourth-order valence-electron chi connectivity index (χ4n) is 0.658. The zero-order valence-electron chi connectivity index (χ0n) is 5.43. The highest BCUT2D eigenvalue weighted by molar-refractivity contribution is 14.1. The van der Waals surface area contributed by atoms with Crippen molar-refractivity contribution in [1.29, 1.82) is 5.26 Å². The van der Waals surface area contributed by atoms with Crippen LogP contribution in [0.2, 0.25) is 0 Å². The number of halogens is 1. The van der Waals surface area contributed by atoms with Gasteiger partial charge in [-0.25, -0.2) is 4.98 Å². The zero-order valence-corrected chi connectivity index (χ0v) is 7.58. The maximum absolute atomic E-state index is 8.49. The van der Waals surface area contributed by atoms with Crippen LogP contribution in [0, 0.1) is 21.8 Å². The zero-order chi connectivity index (χ0) is 7.56. The van der Waals surface area contributed by atoms with E-state index in [0.717, 1.165) is 9.13 Å². The smallest absolute Gasteiger partial charge is 0.143 e. The van der Waals surface area contributed by atoms with Crippen molar-refractivity contribution in [2.45, 2.75) is 6.92 Å². The van der Waals surface area contributed by atoms with Crippen molar-refractivity contribution in [3.63, 3.8) is 0 Å². The van der Waals surface area contributed by atoms with Crippen LogP contribution in [0.3, 0.4) is 0 Å². The minimum absolute atomic E-state index is 0.514. The standard InChI is InChI=1S/C7H5IN2/c1-5-2-6(8)4-10-7(5)3-9/h2,4H,1H3. The average molecular weight is 244 g/mol. The molecule has 0 radical (unpaired) electrons. The first kappa shape index (κ1) is 7.48. The van der Waals surface area contributed by atoms with Gasteiger partial charge in [-0.1, -0.05) is 0 Å². The Morgan fingerprint density at radius 1 is 1.70 bits per heavy atom. The molecule has 0 aliphatic heterocycles. The molecule has 0 aliphatic rings. The van der Waals surface area contributed by atoms with E-state index in [1.807, 2.05) is 19.1 Å². The molecule has 0 saturated carbocycles. The third-order valence-electron chi connectivity index (χ3n) is 1.15. The SMILES string of the molecule is Cc1cc(I)cnc1C#N. The lowest BCUT2D eigenvalue weighted by Gasteiger charge is -1.94. The number of aryl methyl sites for hydroxylation is 1. The molecule has 0 aromatic carbocycles. The molecule has 0 bridgehead atoms. The predicted molar refractivity (Wildman–Crippen MR) is 46.4 cm³/mol. The number of hydrogen-bond donors (Lipinski definition) is 0. The van der Waals surface area contributed by atoms with E-state index in [1.165, 1.54) is 0 Å². The number of pyridine rings is 1. The first-order valence-corrected chi connectivity index (χ1v) is 3.84. The number of hydrogen-bond acceptors (Lipinski definition) is 2. The van der Waals surface area contributed by atoms with E-state index in [4.69, 9.17) is 5.26 Å². The highest BCUT2D eigenvalue weighted by Crippen LogP contribution is 2.07. The Morgan fingerprint density at radius 3 is 2.90 bits per heavy atom. The molecule has 1 aromatic heterocycles. The molecule has 0 spiro atoms. The molecule has 0 fully saturated rings. The van der Waals surface area contributed by atoms with Gasteiger partial charge >= 0.3 is 0 Å².